The first-order valence-corrected chi connectivity index (χ1v) is 9.31. The molecular formula is C14H22BrN3O2S. The van der Waals surface area contributed by atoms with E-state index in [0.717, 1.165) is 29.3 Å². The fourth-order valence-electron chi connectivity index (χ4n) is 2.67. The van der Waals surface area contributed by atoms with Crippen molar-refractivity contribution in [3.05, 3.63) is 34.3 Å². The van der Waals surface area contributed by atoms with Gasteiger partial charge in [-0.25, -0.2) is 0 Å². The smallest absolute Gasteiger partial charge is 0.282 e. The van der Waals surface area contributed by atoms with E-state index >= 15 is 0 Å². The summed E-state index contributed by atoms with van der Waals surface area (Å²) < 4.78 is 29.4. The van der Waals surface area contributed by atoms with Crippen LogP contribution in [0, 0.1) is 0 Å². The van der Waals surface area contributed by atoms with Gasteiger partial charge in [-0.1, -0.05) is 34.5 Å². The van der Waals surface area contributed by atoms with Crippen molar-refractivity contribution < 1.29 is 8.42 Å². The molecule has 0 saturated carbocycles. The van der Waals surface area contributed by atoms with E-state index in [4.69, 9.17) is 5.73 Å². The lowest BCUT2D eigenvalue weighted by molar-refractivity contribution is 0.240. The minimum absolute atomic E-state index is 0.0753. The highest BCUT2D eigenvalue weighted by Gasteiger charge is 2.34. The number of piperidine rings is 1. The van der Waals surface area contributed by atoms with E-state index in [1.54, 1.807) is 11.4 Å². The van der Waals surface area contributed by atoms with Gasteiger partial charge in [0.1, 0.15) is 0 Å². The van der Waals surface area contributed by atoms with Gasteiger partial charge in [-0.05, 0) is 30.5 Å². The average molecular weight is 376 g/mol. The van der Waals surface area contributed by atoms with Gasteiger partial charge in [0.15, 0.2) is 0 Å². The first-order chi connectivity index (χ1) is 9.95. The van der Waals surface area contributed by atoms with Crippen molar-refractivity contribution in [1.29, 1.82) is 0 Å². The first kappa shape index (κ1) is 16.9. The van der Waals surface area contributed by atoms with Crippen molar-refractivity contribution in [1.82, 2.24) is 8.61 Å². The van der Waals surface area contributed by atoms with E-state index in [-0.39, 0.29) is 6.04 Å². The highest BCUT2D eigenvalue weighted by Crippen LogP contribution is 2.23. The minimum Gasteiger partial charge on any atom is -0.329 e. The van der Waals surface area contributed by atoms with Crippen LogP contribution in [0.25, 0.3) is 0 Å². The molecule has 0 bridgehead atoms. The normalized spacial score (nSPS) is 20.9. The highest BCUT2D eigenvalue weighted by molar-refractivity contribution is 9.10. The van der Waals surface area contributed by atoms with Crippen LogP contribution in [0.4, 0.5) is 0 Å². The summed E-state index contributed by atoms with van der Waals surface area (Å²) in [5.41, 5.74) is 6.69. The molecule has 1 saturated heterocycles. The van der Waals surface area contributed by atoms with Crippen LogP contribution in [0.1, 0.15) is 24.8 Å². The van der Waals surface area contributed by atoms with Crippen molar-refractivity contribution >= 4 is 26.1 Å². The maximum atomic E-state index is 12.7. The second-order valence-corrected chi connectivity index (χ2v) is 8.29. The molecule has 7 heteroatoms. The number of rotatable bonds is 5. The molecule has 21 heavy (non-hydrogen) atoms. The third-order valence-corrected chi connectivity index (χ3v) is 6.31. The van der Waals surface area contributed by atoms with Crippen LogP contribution in [0.5, 0.6) is 0 Å². The molecule has 0 amide bonds. The Hall–Kier alpha value is -0.470. The Bertz CT molecular complexity index is 579. The summed E-state index contributed by atoms with van der Waals surface area (Å²) in [5.74, 6) is 0. The zero-order valence-corrected chi connectivity index (χ0v) is 14.6. The Balaban J connectivity index is 2.14. The predicted molar refractivity (Wildman–Crippen MR) is 87.9 cm³/mol. The van der Waals surface area contributed by atoms with Crippen molar-refractivity contribution in [3.63, 3.8) is 0 Å². The molecule has 1 atom stereocenters. The number of hydrogen-bond donors (Lipinski definition) is 1. The molecule has 0 radical (unpaired) electrons. The molecule has 1 fully saturated rings. The van der Waals surface area contributed by atoms with Crippen LogP contribution in [-0.2, 0) is 16.8 Å². The summed E-state index contributed by atoms with van der Waals surface area (Å²) in [6, 6.07) is 7.61. The lowest BCUT2D eigenvalue weighted by atomic mass is 10.1. The summed E-state index contributed by atoms with van der Waals surface area (Å²) in [4.78, 5) is 0. The van der Waals surface area contributed by atoms with Crippen molar-refractivity contribution in [2.75, 3.05) is 20.1 Å². The van der Waals surface area contributed by atoms with Crippen molar-refractivity contribution in [2.45, 2.75) is 31.8 Å². The highest BCUT2D eigenvalue weighted by atomic mass is 79.9. The Morgan fingerprint density at radius 3 is 2.86 bits per heavy atom. The van der Waals surface area contributed by atoms with Crippen LogP contribution in [0.2, 0.25) is 0 Å². The van der Waals surface area contributed by atoms with E-state index in [1.807, 2.05) is 24.3 Å². The summed E-state index contributed by atoms with van der Waals surface area (Å²) in [7, 11) is -1.84. The summed E-state index contributed by atoms with van der Waals surface area (Å²) >= 11 is 3.40. The number of hydrogen-bond acceptors (Lipinski definition) is 3. The molecule has 0 spiro atoms. The van der Waals surface area contributed by atoms with Gasteiger partial charge in [0.2, 0.25) is 0 Å². The molecule has 1 aromatic rings. The second kappa shape index (κ2) is 7.19. The topological polar surface area (TPSA) is 66.6 Å². The van der Waals surface area contributed by atoms with E-state index < -0.39 is 10.2 Å². The number of halogens is 1. The van der Waals surface area contributed by atoms with Gasteiger partial charge >= 0.3 is 0 Å². The van der Waals surface area contributed by atoms with Gasteiger partial charge < -0.3 is 5.73 Å². The quantitative estimate of drug-likeness (QED) is 0.854. The molecule has 1 aliphatic heterocycles. The summed E-state index contributed by atoms with van der Waals surface area (Å²) in [5, 5.41) is 0. The molecular weight excluding hydrogens is 354 g/mol. The molecule has 0 aliphatic carbocycles. The Morgan fingerprint density at radius 2 is 2.19 bits per heavy atom. The van der Waals surface area contributed by atoms with E-state index in [9.17, 15) is 8.42 Å². The predicted octanol–water partition coefficient (Wildman–Crippen LogP) is 1.94. The van der Waals surface area contributed by atoms with Crippen LogP contribution in [0.15, 0.2) is 28.7 Å². The second-order valence-electron chi connectivity index (χ2n) is 5.39. The third kappa shape index (κ3) is 4.04. The van der Waals surface area contributed by atoms with Crippen LogP contribution < -0.4 is 5.73 Å². The largest absolute Gasteiger partial charge is 0.329 e. The average Bonchev–Trinajstić information content (AvgIpc) is 2.47. The maximum Gasteiger partial charge on any atom is 0.282 e. The van der Waals surface area contributed by atoms with Crippen molar-refractivity contribution in [3.8, 4) is 0 Å². The summed E-state index contributed by atoms with van der Waals surface area (Å²) in [6.45, 7) is 1.30. The molecule has 1 unspecified atom stereocenters. The first-order valence-electron chi connectivity index (χ1n) is 7.12. The minimum atomic E-state index is -3.46. The maximum absolute atomic E-state index is 12.7. The fraction of sp³-hybridized carbons (Fsp3) is 0.571. The van der Waals surface area contributed by atoms with Gasteiger partial charge in [-0.3, -0.25) is 0 Å². The Kier molecular flexibility index (Phi) is 5.79. The van der Waals surface area contributed by atoms with Gasteiger partial charge in [0, 0.05) is 37.2 Å². The molecule has 118 valence electrons. The Morgan fingerprint density at radius 1 is 1.43 bits per heavy atom. The lowest BCUT2D eigenvalue weighted by Gasteiger charge is -2.36. The van der Waals surface area contributed by atoms with E-state index in [2.05, 4.69) is 15.9 Å². The van der Waals surface area contributed by atoms with Crippen LogP contribution >= 0.6 is 15.9 Å². The molecule has 2 N–H and O–H groups in total. The van der Waals surface area contributed by atoms with Crippen LogP contribution in [0.3, 0.4) is 0 Å². The number of nitrogens with two attached hydrogens (primary N) is 1. The SMILES string of the molecule is CN(Cc1cccc(Br)c1)S(=O)(=O)N1CCCCC1CN. The van der Waals surface area contributed by atoms with E-state index in [1.165, 1.54) is 4.31 Å². The number of benzene rings is 1. The molecule has 5 nitrogen and oxygen atoms in total. The molecule has 0 aromatic heterocycles. The lowest BCUT2D eigenvalue weighted by Crippen LogP contribution is -2.51. The van der Waals surface area contributed by atoms with Gasteiger partial charge in [0.25, 0.3) is 10.2 Å². The molecule has 1 aromatic carbocycles. The van der Waals surface area contributed by atoms with E-state index in [0.29, 0.717) is 19.6 Å². The molecule has 2 rings (SSSR count). The third-order valence-electron chi connectivity index (χ3n) is 3.83. The molecule has 1 aliphatic rings. The Labute approximate surface area is 135 Å². The van der Waals surface area contributed by atoms with Crippen molar-refractivity contribution in [2.24, 2.45) is 5.73 Å². The van der Waals surface area contributed by atoms with Crippen LogP contribution in [-0.4, -0.2) is 43.2 Å². The monoisotopic (exact) mass is 375 g/mol. The number of nitrogens with zero attached hydrogens (tertiary/aromatic N) is 2. The van der Waals surface area contributed by atoms with Gasteiger partial charge in [0.05, 0.1) is 0 Å². The zero-order chi connectivity index (χ0) is 15.5. The standard InChI is InChI=1S/C14H22BrN3O2S/c1-17(11-12-5-4-6-13(15)9-12)21(19,20)18-8-3-2-7-14(18)10-16/h4-6,9,14H,2-3,7-8,10-11,16H2,1H3. The van der Waals surface area contributed by atoms with Gasteiger partial charge in [-0.2, -0.15) is 17.0 Å². The molecule has 1 heterocycles. The fourth-order valence-corrected chi connectivity index (χ4v) is 4.71. The summed E-state index contributed by atoms with van der Waals surface area (Å²) in [6.07, 6.45) is 2.80. The van der Waals surface area contributed by atoms with Gasteiger partial charge in [-0.15, -0.1) is 0 Å². The zero-order valence-electron chi connectivity index (χ0n) is 12.2.